The lowest BCUT2D eigenvalue weighted by Crippen LogP contribution is -2.46. The van der Waals surface area contributed by atoms with Crippen molar-refractivity contribution in [3.8, 4) is 0 Å². The number of hydrogen-bond donors (Lipinski definition) is 2. The van der Waals surface area contributed by atoms with Gasteiger partial charge in [0.25, 0.3) is 0 Å². The molecule has 0 aliphatic carbocycles. The van der Waals surface area contributed by atoms with Gasteiger partial charge in [-0.25, -0.2) is 0 Å². The second-order valence-electron chi connectivity index (χ2n) is 9.40. The molecule has 0 saturated carbocycles. The molecule has 196 valence electrons. The second-order valence-corrected chi connectivity index (χ2v) is 10.2. The molecule has 0 radical (unpaired) electrons. The van der Waals surface area contributed by atoms with Crippen LogP contribution in [0.2, 0.25) is 10.0 Å². The minimum Gasteiger partial charge on any atom is -0.480 e. The summed E-state index contributed by atoms with van der Waals surface area (Å²) in [6.45, 7) is 5.01. The Morgan fingerprint density at radius 3 is 2.33 bits per heavy atom. The van der Waals surface area contributed by atoms with E-state index in [2.05, 4.69) is 10.2 Å². The van der Waals surface area contributed by atoms with Gasteiger partial charge >= 0.3 is 5.97 Å². The molecular formula is C25H31Cl2N3O6. The van der Waals surface area contributed by atoms with E-state index < -0.39 is 17.8 Å². The highest BCUT2D eigenvalue weighted by atomic mass is 35.5. The summed E-state index contributed by atoms with van der Waals surface area (Å²) >= 11 is 13.2. The number of halogens is 2. The monoisotopic (exact) mass is 539 g/mol. The molecule has 3 aliphatic heterocycles. The number of ether oxygens (including phenoxy) is 2. The molecular weight excluding hydrogens is 509 g/mol. The van der Waals surface area contributed by atoms with Crippen LogP contribution < -0.4 is 10.2 Å². The number of anilines is 1. The van der Waals surface area contributed by atoms with E-state index >= 15 is 0 Å². The standard InChI is InChI=1S/C25H31Cl2N3O6/c1-16(24(33)34)28-23(32)18-6-10-30(11-7-18)20(31)5-3-17-2-4-19(22(27)21(17)26)29-12-8-25(9-13-29)35-14-15-36-25/h2-5,16,18H,6-15H2,1H3,(H,28,32)(H,33,34)/b5-3+/t16-/m0/s1. The van der Waals surface area contributed by atoms with E-state index in [9.17, 15) is 14.4 Å². The zero-order valence-corrected chi connectivity index (χ0v) is 21.7. The molecule has 1 aromatic rings. The van der Waals surface area contributed by atoms with Crippen LogP contribution in [-0.4, -0.2) is 79.0 Å². The Hall–Kier alpha value is -2.33. The summed E-state index contributed by atoms with van der Waals surface area (Å²) < 4.78 is 11.6. The van der Waals surface area contributed by atoms with Crippen molar-refractivity contribution < 1.29 is 29.0 Å². The zero-order chi connectivity index (χ0) is 25.9. The highest BCUT2D eigenvalue weighted by molar-refractivity contribution is 6.44. The van der Waals surface area contributed by atoms with E-state index in [4.69, 9.17) is 37.8 Å². The fraction of sp³-hybridized carbons (Fsp3) is 0.560. The smallest absolute Gasteiger partial charge is 0.325 e. The average Bonchev–Trinajstić information content (AvgIpc) is 3.33. The molecule has 9 nitrogen and oxygen atoms in total. The summed E-state index contributed by atoms with van der Waals surface area (Å²) in [4.78, 5) is 39.7. The zero-order valence-electron chi connectivity index (χ0n) is 20.2. The van der Waals surface area contributed by atoms with Crippen molar-refractivity contribution in [3.63, 3.8) is 0 Å². The number of amides is 2. The van der Waals surface area contributed by atoms with Crippen LogP contribution in [0.1, 0.15) is 38.2 Å². The van der Waals surface area contributed by atoms with Gasteiger partial charge in [-0.1, -0.05) is 29.3 Å². The molecule has 1 spiro atoms. The Kier molecular flexibility index (Phi) is 8.44. The molecule has 3 aliphatic rings. The van der Waals surface area contributed by atoms with Crippen LogP contribution in [-0.2, 0) is 23.9 Å². The number of hydrogen-bond acceptors (Lipinski definition) is 6. The maximum atomic E-state index is 12.7. The van der Waals surface area contributed by atoms with Crippen LogP contribution in [0.4, 0.5) is 5.69 Å². The Balaban J connectivity index is 1.31. The number of likely N-dealkylation sites (tertiary alicyclic amines) is 1. The van der Waals surface area contributed by atoms with E-state index in [0.29, 0.717) is 54.8 Å². The number of nitrogens with zero attached hydrogens (tertiary/aromatic N) is 2. The van der Waals surface area contributed by atoms with Crippen LogP contribution in [0.3, 0.4) is 0 Å². The first kappa shape index (κ1) is 26.7. The van der Waals surface area contributed by atoms with Gasteiger partial charge in [-0.15, -0.1) is 0 Å². The minimum absolute atomic E-state index is 0.179. The Morgan fingerprint density at radius 1 is 1.08 bits per heavy atom. The average molecular weight is 540 g/mol. The number of piperidine rings is 2. The Labute approximate surface area is 220 Å². The number of carbonyl (C=O) groups excluding carboxylic acids is 2. The van der Waals surface area contributed by atoms with Crippen molar-refractivity contribution in [2.45, 2.75) is 44.4 Å². The summed E-state index contributed by atoms with van der Waals surface area (Å²) in [5.74, 6) is -2.32. The van der Waals surface area contributed by atoms with Crippen molar-refractivity contribution >= 4 is 52.7 Å². The quantitative estimate of drug-likeness (QED) is 0.534. The topological polar surface area (TPSA) is 108 Å². The number of carboxylic acids is 1. The van der Waals surface area contributed by atoms with Crippen LogP contribution in [0.25, 0.3) is 6.08 Å². The third-order valence-electron chi connectivity index (χ3n) is 7.08. The molecule has 1 atom stereocenters. The molecule has 4 rings (SSSR count). The fourth-order valence-corrected chi connectivity index (χ4v) is 5.34. The summed E-state index contributed by atoms with van der Waals surface area (Å²) in [6, 6.07) is 2.82. The summed E-state index contributed by atoms with van der Waals surface area (Å²) in [7, 11) is 0. The van der Waals surface area contributed by atoms with Gasteiger partial charge < -0.3 is 29.7 Å². The van der Waals surface area contributed by atoms with Gasteiger partial charge in [-0.05, 0) is 37.5 Å². The number of benzene rings is 1. The first-order chi connectivity index (χ1) is 17.2. The number of nitrogens with one attached hydrogen (secondary N) is 1. The number of rotatable bonds is 6. The lowest BCUT2D eigenvalue weighted by atomic mass is 9.95. The van der Waals surface area contributed by atoms with E-state index in [0.717, 1.165) is 31.6 Å². The maximum Gasteiger partial charge on any atom is 0.325 e. The number of carboxylic acid groups (broad SMARTS) is 1. The Morgan fingerprint density at radius 2 is 1.72 bits per heavy atom. The molecule has 3 fully saturated rings. The highest BCUT2D eigenvalue weighted by Crippen LogP contribution is 2.39. The number of carbonyl (C=O) groups is 3. The van der Waals surface area contributed by atoms with E-state index in [1.165, 1.54) is 13.0 Å². The van der Waals surface area contributed by atoms with Gasteiger partial charge in [0.2, 0.25) is 11.8 Å². The van der Waals surface area contributed by atoms with E-state index in [1.807, 2.05) is 12.1 Å². The van der Waals surface area contributed by atoms with Crippen LogP contribution in [0, 0.1) is 5.92 Å². The van der Waals surface area contributed by atoms with E-state index in [1.54, 1.807) is 11.0 Å². The molecule has 0 unspecified atom stereocenters. The molecule has 1 aromatic carbocycles. The van der Waals surface area contributed by atoms with Crippen LogP contribution in [0.5, 0.6) is 0 Å². The largest absolute Gasteiger partial charge is 0.480 e. The second kappa shape index (κ2) is 11.4. The third-order valence-corrected chi connectivity index (χ3v) is 7.97. The van der Waals surface area contributed by atoms with Gasteiger partial charge in [0.15, 0.2) is 5.79 Å². The molecule has 0 bridgehead atoms. The minimum atomic E-state index is -1.08. The van der Waals surface area contributed by atoms with Gasteiger partial charge in [0.05, 0.1) is 28.9 Å². The molecule has 3 saturated heterocycles. The summed E-state index contributed by atoms with van der Waals surface area (Å²) in [5, 5.41) is 12.3. The van der Waals surface area contributed by atoms with Crippen molar-refractivity contribution in [1.82, 2.24) is 10.2 Å². The third kappa shape index (κ3) is 5.96. The van der Waals surface area contributed by atoms with Crippen molar-refractivity contribution in [1.29, 1.82) is 0 Å². The van der Waals surface area contributed by atoms with Crippen LogP contribution >= 0.6 is 23.2 Å². The Bertz CT molecular complexity index is 1020. The molecule has 2 N–H and O–H groups in total. The first-order valence-electron chi connectivity index (χ1n) is 12.2. The maximum absolute atomic E-state index is 12.7. The molecule has 0 aromatic heterocycles. The van der Waals surface area contributed by atoms with Gasteiger partial charge in [-0.2, -0.15) is 0 Å². The molecule has 36 heavy (non-hydrogen) atoms. The fourth-order valence-electron chi connectivity index (χ4n) is 4.82. The van der Waals surface area contributed by atoms with Crippen LogP contribution in [0.15, 0.2) is 18.2 Å². The van der Waals surface area contributed by atoms with E-state index in [-0.39, 0.29) is 17.7 Å². The summed E-state index contributed by atoms with van der Waals surface area (Å²) in [5.41, 5.74) is 1.49. The molecule has 11 heteroatoms. The highest BCUT2D eigenvalue weighted by Gasteiger charge is 2.40. The van der Waals surface area contributed by atoms with Gasteiger partial charge in [0, 0.05) is 51.0 Å². The van der Waals surface area contributed by atoms with Crippen molar-refractivity contribution in [3.05, 3.63) is 33.8 Å². The lowest BCUT2D eigenvalue weighted by Gasteiger charge is -2.39. The number of aliphatic carboxylic acids is 1. The van der Waals surface area contributed by atoms with Crippen molar-refractivity contribution in [2.24, 2.45) is 5.92 Å². The SMILES string of the molecule is C[C@H](NC(=O)C1CCN(C(=O)/C=C/c2ccc(N3CCC4(CC3)OCCO4)c(Cl)c2Cl)CC1)C(=O)O. The lowest BCUT2D eigenvalue weighted by molar-refractivity contribution is -0.169. The molecule has 3 heterocycles. The van der Waals surface area contributed by atoms with Gasteiger partial charge in [0.1, 0.15) is 6.04 Å². The predicted molar refractivity (Wildman–Crippen MR) is 136 cm³/mol. The van der Waals surface area contributed by atoms with Gasteiger partial charge in [-0.3, -0.25) is 14.4 Å². The normalized spacial score (nSPS) is 21.2. The summed E-state index contributed by atoms with van der Waals surface area (Å²) in [6.07, 6.45) is 5.59. The molecule has 2 amide bonds. The van der Waals surface area contributed by atoms with Crippen molar-refractivity contribution in [2.75, 3.05) is 44.3 Å². The predicted octanol–water partition coefficient (Wildman–Crippen LogP) is 3.18. The first-order valence-corrected chi connectivity index (χ1v) is 13.0.